The van der Waals surface area contributed by atoms with Gasteiger partial charge in [-0.25, -0.2) is 9.59 Å². The Kier molecular flexibility index (Phi) is 8.95. The summed E-state index contributed by atoms with van der Waals surface area (Å²) < 4.78 is 0. The highest BCUT2D eigenvalue weighted by Gasteiger charge is 2.13. The normalized spacial score (nSPS) is 12.2. The first-order valence-electron chi connectivity index (χ1n) is 6.16. The Morgan fingerprint density at radius 1 is 1.22 bits per heavy atom. The molecule has 0 aromatic heterocycles. The summed E-state index contributed by atoms with van der Waals surface area (Å²) in [6, 6.07) is -0.463. The molecular weight excluding hydrogens is 238 g/mol. The second kappa shape index (κ2) is 9.67. The molecule has 106 valence electrons. The highest BCUT2D eigenvalue weighted by atomic mass is 16.4. The summed E-state index contributed by atoms with van der Waals surface area (Å²) in [5, 5.41) is 22.2. The Morgan fingerprint density at radius 2 is 1.83 bits per heavy atom. The molecule has 0 aliphatic carbocycles. The summed E-state index contributed by atoms with van der Waals surface area (Å²) >= 11 is 0. The monoisotopic (exact) mass is 261 g/mol. The first-order chi connectivity index (χ1) is 8.51. The van der Waals surface area contributed by atoms with Gasteiger partial charge in [0.1, 0.15) is 0 Å². The first-order valence-corrected chi connectivity index (χ1v) is 6.16. The Labute approximate surface area is 107 Å². The van der Waals surface area contributed by atoms with E-state index in [1.807, 2.05) is 0 Å². The minimum Gasteiger partial charge on any atom is -0.479 e. The van der Waals surface area contributed by atoms with E-state index in [0.29, 0.717) is 6.54 Å². The molecule has 0 aromatic rings. The van der Waals surface area contributed by atoms with Crippen molar-refractivity contribution in [2.75, 3.05) is 32.7 Å². The van der Waals surface area contributed by atoms with Crippen LogP contribution in [-0.4, -0.2) is 65.9 Å². The zero-order chi connectivity index (χ0) is 14.0. The van der Waals surface area contributed by atoms with Crippen molar-refractivity contribution in [3.05, 3.63) is 0 Å². The number of nitrogens with zero attached hydrogens (tertiary/aromatic N) is 1. The summed E-state index contributed by atoms with van der Waals surface area (Å²) in [6.45, 7) is 7.25. The molecule has 0 radical (unpaired) electrons. The van der Waals surface area contributed by atoms with Gasteiger partial charge < -0.3 is 25.7 Å². The smallest absolute Gasteiger partial charge is 0.334 e. The van der Waals surface area contributed by atoms with Gasteiger partial charge in [-0.1, -0.05) is 13.8 Å². The van der Waals surface area contributed by atoms with Gasteiger partial charge in [-0.3, -0.25) is 0 Å². The number of carbonyl (C=O) groups excluding carboxylic acids is 1. The van der Waals surface area contributed by atoms with Gasteiger partial charge in [0.05, 0.1) is 6.54 Å². The lowest BCUT2D eigenvalue weighted by atomic mass is 10.3. The van der Waals surface area contributed by atoms with Gasteiger partial charge in [0.2, 0.25) is 0 Å². The third-order valence-electron chi connectivity index (χ3n) is 2.57. The maximum atomic E-state index is 11.2. The quantitative estimate of drug-likeness (QED) is 0.418. The number of nitrogens with one attached hydrogen (secondary N) is 2. The lowest BCUT2D eigenvalue weighted by Gasteiger charge is -2.17. The van der Waals surface area contributed by atoms with Crippen LogP contribution in [0, 0.1) is 0 Å². The van der Waals surface area contributed by atoms with Crippen LogP contribution in [0.4, 0.5) is 4.79 Å². The molecule has 0 rings (SSSR count). The van der Waals surface area contributed by atoms with Crippen LogP contribution >= 0.6 is 0 Å². The summed E-state index contributed by atoms with van der Waals surface area (Å²) in [7, 11) is 0. The van der Waals surface area contributed by atoms with Crippen LogP contribution < -0.4 is 10.6 Å². The van der Waals surface area contributed by atoms with Gasteiger partial charge in [-0.15, -0.1) is 0 Å². The number of hydrogen-bond acceptors (Lipinski definition) is 4. The van der Waals surface area contributed by atoms with Gasteiger partial charge in [-0.2, -0.15) is 0 Å². The fourth-order valence-electron chi connectivity index (χ4n) is 1.38. The van der Waals surface area contributed by atoms with Gasteiger partial charge >= 0.3 is 12.0 Å². The van der Waals surface area contributed by atoms with E-state index in [0.717, 1.165) is 26.1 Å². The Hall–Kier alpha value is -1.34. The summed E-state index contributed by atoms with van der Waals surface area (Å²) in [5.74, 6) is -1.35. The van der Waals surface area contributed by atoms with Crippen molar-refractivity contribution < 1.29 is 19.8 Å². The van der Waals surface area contributed by atoms with Crippen LogP contribution in [0.25, 0.3) is 0 Å². The zero-order valence-corrected chi connectivity index (χ0v) is 11.0. The van der Waals surface area contributed by atoms with Gasteiger partial charge in [-0.05, 0) is 26.1 Å². The second-order valence-corrected chi connectivity index (χ2v) is 3.87. The minimum absolute atomic E-state index is 0.294. The summed E-state index contributed by atoms with van der Waals surface area (Å²) in [4.78, 5) is 23.7. The van der Waals surface area contributed by atoms with Gasteiger partial charge in [0.25, 0.3) is 0 Å². The predicted molar refractivity (Wildman–Crippen MR) is 67.4 cm³/mol. The third-order valence-corrected chi connectivity index (χ3v) is 2.57. The van der Waals surface area contributed by atoms with E-state index in [2.05, 4.69) is 29.4 Å². The number of aliphatic carboxylic acids is 1. The van der Waals surface area contributed by atoms with Crippen LogP contribution in [0.1, 0.15) is 20.3 Å². The fraction of sp³-hybridized carbons (Fsp3) is 0.818. The summed E-state index contributed by atoms with van der Waals surface area (Å²) in [5.41, 5.74) is 0. The Balaban J connectivity index is 3.56. The van der Waals surface area contributed by atoms with Crippen molar-refractivity contribution in [1.82, 2.24) is 15.5 Å². The number of rotatable bonds is 9. The number of aliphatic hydroxyl groups is 1. The number of carboxylic acid groups (broad SMARTS) is 1. The molecule has 0 saturated heterocycles. The largest absolute Gasteiger partial charge is 0.479 e. The Morgan fingerprint density at radius 3 is 2.33 bits per heavy atom. The van der Waals surface area contributed by atoms with E-state index in [9.17, 15) is 9.59 Å². The predicted octanol–water partition coefficient (Wildman–Crippen LogP) is -0.537. The fourth-order valence-corrected chi connectivity index (χ4v) is 1.38. The molecule has 0 aliphatic heterocycles. The molecule has 0 aliphatic rings. The average Bonchev–Trinajstić information content (AvgIpc) is 2.35. The maximum absolute atomic E-state index is 11.2. The lowest BCUT2D eigenvalue weighted by molar-refractivity contribution is -0.146. The minimum atomic E-state index is -1.56. The van der Waals surface area contributed by atoms with Crippen molar-refractivity contribution in [3.63, 3.8) is 0 Å². The first kappa shape index (κ1) is 16.7. The molecule has 0 aromatic carbocycles. The topological polar surface area (TPSA) is 102 Å². The highest BCUT2D eigenvalue weighted by molar-refractivity contribution is 5.76. The van der Waals surface area contributed by atoms with Gasteiger partial charge in [0.15, 0.2) is 6.10 Å². The van der Waals surface area contributed by atoms with E-state index in [1.54, 1.807) is 0 Å². The molecule has 2 amide bonds. The number of urea groups is 1. The van der Waals surface area contributed by atoms with E-state index in [1.165, 1.54) is 0 Å². The maximum Gasteiger partial charge on any atom is 0.334 e. The molecular formula is C11H23N3O4. The third kappa shape index (κ3) is 7.86. The number of carbonyl (C=O) groups is 2. The molecule has 7 heteroatoms. The standard InChI is InChI=1S/C11H23N3O4/c1-3-14(4-2)7-5-6-12-11(18)13-8-9(15)10(16)17/h9,15H,3-8H2,1-2H3,(H,16,17)(H2,12,13,18)/t9-/m0/s1. The summed E-state index contributed by atoms with van der Waals surface area (Å²) in [6.07, 6.45) is -0.734. The van der Waals surface area contributed by atoms with E-state index < -0.39 is 18.1 Å². The zero-order valence-electron chi connectivity index (χ0n) is 11.0. The van der Waals surface area contributed by atoms with Crippen molar-refractivity contribution in [2.45, 2.75) is 26.4 Å². The highest BCUT2D eigenvalue weighted by Crippen LogP contribution is 1.89. The number of aliphatic hydroxyl groups excluding tert-OH is 1. The van der Waals surface area contributed by atoms with E-state index in [4.69, 9.17) is 10.2 Å². The Bertz CT molecular complexity index is 257. The number of carboxylic acids is 1. The van der Waals surface area contributed by atoms with Crippen molar-refractivity contribution in [3.8, 4) is 0 Å². The van der Waals surface area contributed by atoms with Crippen LogP contribution in [0.3, 0.4) is 0 Å². The molecule has 0 bridgehead atoms. The SMILES string of the molecule is CCN(CC)CCCNC(=O)NC[C@H](O)C(=O)O. The molecule has 0 heterocycles. The molecule has 18 heavy (non-hydrogen) atoms. The van der Waals surface area contributed by atoms with Crippen molar-refractivity contribution in [1.29, 1.82) is 0 Å². The molecule has 0 unspecified atom stereocenters. The molecule has 0 saturated carbocycles. The molecule has 7 nitrogen and oxygen atoms in total. The second-order valence-electron chi connectivity index (χ2n) is 3.87. The molecule has 4 N–H and O–H groups in total. The van der Waals surface area contributed by atoms with E-state index in [-0.39, 0.29) is 6.54 Å². The number of amides is 2. The van der Waals surface area contributed by atoms with Crippen molar-refractivity contribution >= 4 is 12.0 Å². The molecule has 0 fully saturated rings. The average molecular weight is 261 g/mol. The lowest BCUT2D eigenvalue weighted by Crippen LogP contribution is -2.42. The van der Waals surface area contributed by atoms with Crippen LogP contribution in [0.5, 0.6) is 0 Å². The van der Waals surface area contributed by atoms with Crippen LogP contribution in [0.15, 0.2) is 0 Å². The number of hydrogen-bond donors (Lipinski definition) is 4. The molecule has 0 spiro atoms. The van der Waals surface area contributed by atoms with Crippen LogP contribution in [0.2, 0.25) is 0 Å². The van der Waals surface area contributed by atoms with Crippen molar-refractivity contribution in [2.24, 2.45) is 0 Å². The molecule has 1 atom stereocenters. The van der Waals surface area contributed by atoms with Gasteiger partial charge in [0, 0.05) is 6.54 Å². The van der Waals surface area contributed by atoms with Crippen LogP contribution in [-0.2, 0) is 4.79 Å². The van der Waals surface area contributed by atoms with E-state index >= 15 is 0 Å².